The number of aromatic hydroxyl groups is 1. The van der Waals surface area contributed by atoms with Gasteiger partial charge in [0.05, 0.1) is 16.2 Å². The number of halogens is 1. The Hall–Kier alpha value is -1.28. The third-order valence-corrected chi connectivity index (χ3v) is 3.64. The molecule has 0 spiro atoms. The van der Waals surface area contributed by atoms with E-state index in [9.17, 15) is 5.11 Å². The lowest BCUT2D eigenvalue weighted by molar-refractivity contribution is 0.385. The number of rotatable bonds is 1. The predicted molar refractivity (Wildman–Crippen MR) is 65.0 cm³/mol. The fourth-order valence-corrected chi connectivity index (χ4v) is 2.37. The second-order valence-electron chi connectivity index (χ2n) is 4.33. The van der Waals surface area contributed by atoms with Crippen molar-refractivity contribution in [1.82, 2.24) is 4.98 Å². The van der Waals surface area contributed by atoms with Crippen molar-refractivity contribution in [3.63, 3.8) is 0 Å². The molecule has 2 nitrogen and oxygen atoms in total. The van der Waals surface area contributed by atoms with Crippen molar-refractivity contribution in [2.45, 2.75) is 25.2 Å². The summed E-state index contributed by atoms with van der Waals surface area (Å²) in [5, 5.41) is 11.4. The smallest absolute Gasteiger partial charge is 0.138 e. The second-order valence-corrected chi connectivity index (χ2v) is 4.73. The summed E-state index contributed by atoms with van der Waals surface area (Å²) in [7, 11) is 0. The molecule has 0 atom stereocenters. The number of nitrogens with zero attached hydrogens (tertiary/aromatic N) is 1. The van der Waals surface area contributed by atoms with Crippen molar-refractivity contribution < 1.29 is 5.11 Å². The van der Waals surface area contributed by atoms with E-state index in [2.05, 4.69) is 4.98 Å². The van der Waals surface area contributed by atoms with Gasteiger partial charge < -0.3 is 5.11 Å². The average molecular weight is 234 g/mol. The van der Waals surface area contributed by atoms with Crippen LogP contribution in [0.3, 0.4) is 0 Å². The molecule has 3 rings (SSSR count). The topological polar surface area (TPSA) is 33.1 Å². The van der Waals surface area contributed by atoms with Crippen molar-refractivity contribution in [1.29, 1.82) is 0 Å². The lowest BCUT2D eigenvalue weighted by Crippen LogP contribution is -2.10. The van der Waals surface area contributed by atoms with Crippen LogP contribution in [0.25, 0.3) is 10.9 Å². The van der Waals surface area contributed by atoms with E-state index in [1.165, 1.54) is 6.42 Å². The number of pyridine rings is 1. The van der Waals surface area contributed by atoms with E-state index in [-0.39, 0.29) is 5.75 Å². The highest BCUT2D eigenvalue weighted by molar-refractivity contribution is 6.35. The molecule has 3 heteroatoms. The molecule has 1 aromatic heterocycles. The summed E-state index contributed by atoms with van der Waals surface area (Å²) in [5.41, 5.74) is 1.70. The van der Waals surface area contributed by atoms with E-state index in [0.29, 0.717) is 10.9 Å². The molecule has 0 aliphatic heterocycles. The van der Waals surface area contributed by atoms with Crippen LogP contribution in [0.4, 0.5) is 0 Å². The first-order valence-electron chi connectivity index (χ1n) is 5.54. The summed E-state index contributed by atoms with van der Waals surface area (Å²) in [4.78, 5) is 4.52. The molecule has 1 aliphatic carbocycles. The van der Waals surface area contributed by atoms with Gasteiger partial charge in [0.2, 0.25) is 0 Å². The minimum absolute atomic E-state index is 0.283. The molecule has 1 aromatic carbocycles. The number of fused-ring (bicyclic) bond motifs is 1. The Morgan fingerprint density at radius 1 is 1.31 bits per heavy atom. The van der Waals surface area contributed by atoms with Crippen LogP contribution in [-0.2, 0) is 0 Å². The second kappa shape index (κ2) is 3.63. The van der Waals surface area contributed by atoms with E-state index in [1.807, 2.05) is 18.2 Å². The van der Waals surface area contributed by atoms with E-state index >= 15 is 0 Å². The highest BCUT2D eigenvalue weighted by atomic mass is 35.5. The van der Waals surface area contributed by atoms with E-state index in [4.69, 9.17) is 11.6 Å². The van der Waals surface area contributed by atoms with Crippen LogP contribution in [-0.4, -0.2) is 10.1 Å². The number of benzene rings is 1. The zero-order chi connectivity index (χ0) is 11.1. The zero-order valence-electron chi connectivity index (χ0n) is 8.78. The number of aromatic nitrogens is 1. The van der Waals surface area contributed by atoms with Gasteiger partial charge in [-0.15, -0.1) is 0 Å². The molecule has 0 saturated heterocycles. The van der Waals surface area contributed by atoms with Crippen molar-refractivity contribution >= 4 is 22.5 Å². The highest BCUT2D eigenvalue weighted by Gasteiger charge is 2.24. The van der Waals surface area contributed by atoms with Gasteiger partial charge in [0.25, 0.3) is 0 Å². The standard InChI is InChI=1S/C13H12ClNO/c14-10-5-2-6-11-9(10)7-12(16)13(15-11)8-3-1-4-8/h2,5-8,16H,1,3-4H2. The van der Waals surface area contributed by atoms with Gasteiger partial charge in [0.15, 0.2) is 0 Å². The minimum atomic E-state index is 0.283. The summed E-state index contributed by atoms with van der Waals surface area (Å²) in [6.45, 7) is 0. The van der Waals surface area contributed by atoms with Gasteiger partial charge in [-0.25, -0.2) is 4.98 Å². The monoisotopic (exact) mass is 233 g/mol. The van der Waals surface area contributed by atoms with Gasteiger partial charge in [-0.1, -0.05) is 24.1 Å². The molecule has 1 N–H and O–H groups in total. The van der Waals surface area contributed by atoms with Gasteiger partial charge in [0.1, 0.15) is 5.75 Å². The maximum atomic E-state index is 9.95. The molecule has 82 valence electrons. The molecule has 0 amide bonds. The Bertz CT molecular complexity index is 549. The summed E-state index contributed by atoms with van der Waals surface area (Å²) in [6.07, 6.45) is 3.50. The van der Waals surface area contributed by atoms with Gasteiger partial charge in [-0.05, 0) is 31.0 Å². The van der Waals surface area contributed by atoms with Gasteiger partial charge in [-0.3, -0.25) is 0 Å². The van der Waals surface area contributed by atoms with E-state index in [0.717, 1.165) is 29.4 Å². The van der Waals surface area contributed by atoms with Crippen LogP contribution in [0.1, 0.15) is 30.9 Å². The molecule has 1 heterocycles. The quantitative estimate of drug-likeness (QED) is 0.811. The Morgan fingerprint density at radius 3 is 2.81 bits per heavy atom. The van der Waals surface area contributed by atoms with Gasteiger partial charge in [-0.2, -0.15) is 0 Å². The molecule has 0 radical (unpaired) electrons. The Kier molecular flexibility index (Phi) is 2.25. The molecule has 0 unspecified atom stereocenters. The van der Waals surface area contributed by atoms with Gasteiger partial charge in [0, 0.05) is 11.3 Å². The Balaban J connectivity index is 2.21. The summed E-state index contributed by atoms with van der Waals surface area (Å²) < 4.78 is 0. The first-order chi connectivity index (χ1) is 7.75. The lowest BCUT2D eigenvalue weighted by Gasteiger charge is -2.25. The molecule has 0 bridgehead atoms. The summed E-state index contributed by atoms with van der Waals surface area (Å²) in [5.74, 6) is 0.716. The average Bonchev–Trinajstić information content (AvgIpc) is 2.18. The Labute approximate surface area is 98.9 Å². The highest BCUT2D eigenvalue weighted by Crippen LogP contribution is 2.40. The maximum Gasteiger partial charge on any atom is 0.138 e. The van der Waals surface area contributed by atoms with Crippen LogP contribution in [0.2, 0.25) is 5.02 Å². The van der Waals surface area contributed by atoms with Crippen LogP contribution >= 0.6 is 11.6 Å². The number of hydrogen-bond acceptors (Lipinski definition) is 2. The molecular weight excluding hydrogens is 222 g/mol. The summed E-state index contributed by atoms with van der Waals surface area (Å²) in [6, 6.07) is 7.37. The first-order valence-corrected chi connectivity index (χ1v) is 5.91. The third-order valence-electron chi connectivity index (χ3n) is 3.31. The van der Waals surface area contributed by atoms with Crippen molar-refractivity contribution in [2.24, 2.45) is 0 Å². The third kappa shape index (κ3) is 1.45. The normalized spacial score (nSPS) is 16.3. The van der Waals surface area contributed by atoms with Crippen molar-refractivity contribution in [2.75, 3.05) is 0 Å². The van der Waals surface area contributed by atoms with Crippen molar-refractivity contribution in [3.05, 3.63) is 35.0 Å². The SMILES string of the molecule is Oc1cc2c(Cl)cccc2nc1C1CCC1. The van der Waals surface area contributed by atoms with Crippen LogP contribution in [0.15, 0.2) is 24.3 Å². The van der Waals surface area contributed by atoms with Crippen LogP contribution in [0.5, 0.6) is 5.75 Å². The number of hydrogen-bond donors (Lipinski definition) is 1. The maximum absolute atomic E-state index is 9.95. The predicted octanol–water partition coefficient (Wildman–Crippen LogP) is 3.86. The van der Waals surface area contributed by atoms with Gasteiger partial charge >= 0.3 is 0 Å². The lowest BCUT2D eigenvalue weighted by atomic mass is 9.82. The molecule has 1 aliphatic rings. The molecule has 16 heavy (non-hydrogen) atoms. The van der Waals surface area contributed by atoms with Crippen LogP contribution in [0, 0.1) is 0 Å². The fourth-order valence-electron chi connectivity index (χ4n) is 2.15. The van der Waals surface area contributed by atoms with Crippen molar-refractivity contribution in [3.8, 4) is 5.75 Å². The largest absolute Gasteiger partial charge is 0.506 e. The fraction of sp³-hybridized carbons (Fsp3) is 0.308. The first kappa shape index (κ1) is 9.91. The zero-order valence-corrected chi connectivity index (χ0v) is 9.54. The molecule has 1 saturated carbocycles. The van der Waals surface area contributed by atoms with E-state index in [1.54, 1.807) is 6.07 Å². The summed E-state index contributed by atoms with van der Waals surface area (Å²) >= 11 is 6.06. The molecule has 1 fully saturated rings. The van der Waals surface area contributed by atoms with Crippen LogP contribution < -0.4 is 0 Å². The van der Waals surface area contributed by atoms with E-state index < -0.39 is 0 Å². The molecular formula is C13H12ClNO. The minimum Gasteiger partial charge on any atom is -0.506 e. The molecule has 2 aromatic rings. The Morgan fingerprint density at radius 2 is 2.12 bits per heavy atom.